The van der Waals surface area contributed by atoms with Gasteiger partial charge in [-0.05, 0) is 43.2 Å². The molecule has 2 aliphatic heterocycles. The van der Waals surface area contributed by atoms with Crippen molar-refractivity contribution in [3.63, 3.8) is 0 Å². The minimum absolute atomic E-state index is 0.0609. The molecular formula is C24H27ClN2O5S. The van der Waals surface area contributed by atoms with Crippen LogP contribution >= 0.6 is 11.6 Å². The quantitative estimate of drug-likeness (QED) is 0.549. The molecule has 0 atom stereocenters. The highest BCUT2D eigenvalue weighted by molar-refractivity contribution is 7.93. The van der Waals surface area contributed by atoms with Gasteiger partial charge in [0, 0.05) is 24.6 Å². The molecule has 0 bridgehead atoms. The Morgan fingerprint density at radius 2 is 1.79 bits per heavy atom. The molecule has 0 spiro atoms. The molecule has 7 nitrogen and oxygen atoms in total. The Balaban J connectivity index is 1.56. The van der Waals surface area contributed by atoms with Crippen molar-refractivity contribution in [1.29, 1.82) is 0 Å². The van der Waals surface area contributed by atoms with Crippen LogP contribution in [0.4, 0.5) is 5.69 Å². The summed E-state index contributed by atoms with van der Waals surface area (Å²) in [5, 5.41) is 0.0609. The van der Waals surface area contributed by atoms with Crippen LogP contribution in [0.25, 0.3) is 0 Å². The highest BCUT2D eigenvalue weighted by atomic mass is 35.5. The number of nitrogens with zero attached hydrogens (tertiary/aromatic N) is 2. The molecule has 33 heavy (non-hydrogen) atoms. The lowest BCUT2D eigenvalue weighted by molar-refractivity contribution is -0.0956. The van der Waals surface area contributed by atoms with Crippen LogP contribution in [0.3, 0.4) is 0 Å². The highest BCUT2D eigenvalue weighted by Gasteiger charge is 2.33. The first-order chi connectivity index (χ1) is 15.9. The maximum Gasteiger partial charge on any atom is 0.266 e. The molecule has 176 valence electrons. The number of carbonyl (C=O) groups excluding carboxylic acids is 1. The van der Waals surface area contributed by atoms with Gasteiger partial charge in [0.15, 0.2) is 6.29 Å². The predicted molar refractivity (Wildman–Crippen MR) is 127 cm³/mol. The monoisotopic (exact) mass is 490 g/mol. The number of likely N-dealkylation sites (tertiary alicyclic amines) is 1. The van der Waals surface area contributed by atoms with E-state index in [-0.39, 0.29) is 40.1 Å². The second kappa shape index (κ2) is 10.3. The molecule has 2 aromatic carbocycles. The van der Waals surface area contributed by atoms with Gasteiger partial charge in [-0.3, -0.25) is 9.10 Å². The molecule has 2 heterocycles. The zero-order valence-corrected chi connectivity index (χ0v) is 19.8. The number of hydrogen-bond acceptors (Lipinski definition) is 5. The van der Waals surface area contributed by atoms with Gasteiger partial charge in [-0.1, -0.05) is 35.9 Å². The van der Waals surface area contributed by atoms with Gasteiger partial charge in [0.25, 0.3) is 15.9 Å². The van der Waals surface area contributed by atoms with Gasteiger partial charge in [-0.2, -0.15) is 0 Å². The summed E-state index contributed by atoms with van der Waals surface area (Å²) >= 11 is 6.31. The summed E-state index contributed by atoms with van der Waals surface area (Å²) in [6.45, 7) is 6.09. The molecule has 0 saturated carbocycles. The van der Waals surface area contributed by atoms with Gasteiger partial charge in [-0.25, -0.2) is 8.42 Å². The number of piperidine rings is 1. The van der Waals surface area contributed by atoms with E-state index in [2.05, 4.69) is 6.58 Å². The maximum absolute atomic E-state index is 13.5. The Morgan fingerprint density at radius 3 is 2.42 bits per heavy atom. The minimum Gasteiger partial charge on any atom is -0.350 e. The summed E-state index contributed by atoms with van der Waals surface area (Å²) < 4.78 is 39.5. The van der Waals surface area contributed by atoms with E-state index >= 15 is 0 Å². The molecule has 0 radical (unpaired) electrons. The van der Waals surface area contributed by atoms with Gasteiger partial charge >= 0.3 is 0 Å². The number of carbonyl (C=O) groups is 1. The average Bonchev–Trinajstić information content (AvgIpc) is 3.38. The van der Waals surface area contributed by atoms with Crippen molar-refractivity contribution in [2.75, 3.05) is 37.2 Å². The van der Waals surface area contributed by atoms with Crippen LogP contribution in [0.2, 0.25) is 5.02 Å². The summed E-state index contributed by atoms with van der Waals surface area (Å²) in [6, 6.07) is 13.1. The Kier molecular flexibility index (Phi) is 7.38. The topological polar surface area (TPSA) is 76.2 Å². The third-order valence-corrected chi connectivity index (χ3v) is 8.22. The van der Waals surface area contributed by atoms with E-state index in [0.717, 1.165) is 12.8 Å². The second-order valence-electron chi connectivity index (χ2n) is 8.05. The summed E-state index contributed by atoms with van der Waals surface area (Å²) in [4.78, 5) is 14.8. The van der Waals surface area contributed by atoms with E-state index in [1.165, 1.54) is 22.5 Å². The number of rotatable bonds is 7. The van der Waals surface area contributed by atoms with Crippen LogP contribution in [0.15, 0.2) is 66.1 Å². The van der Waals surface area contributed by atoms with Gasteiger partial charge < -0.3 is 14.4 Å². The predicted octanol–water partition coefficient (Wildman–Crippen LogP) is 3.95. The lowest BCUT2D eigenvalue weighted by Crippen LogP contribution is -2.41. The van der Waals surface area contributed by atoms with E-state index in [1.807, 2.05) is 6.07 Å². The van der Waals surface area contributed by atoms with Crippen molar-refractivity contribution in [1.82, 2.24) is 4.90 Å². The summed E-state index contributed by atoms with van der Waals surface area (Å²) in [5.74, 6) is 0.0425. The van der Waals surface area contributed by atoms with E-state index in [4.69, 9.17) is 21.1 Å². The lowest BCUT2D eigenvalue weighted by atomic mass is 9.95. The normalized spacial score (nSPS) is 17.8. The van der Waals surface area contributed by atoms with Gasteiger partial charge in [0.2, 0.25) is 0 Å². The van der Waals surface area contributed by atoms with E-state index < -0.39 is 10.0 Å². The molecule has 0 N–H and O–H groups in total. The summed E-state index contributed by atoms with van der Waals surface area (Å²) in [5.41, 5.74) is 0.778. The third kappa shape index (κ3) is 5.09. The fourth-order valence-electron chi connectivity index (χ4n) is 4.21. The molecule has 0 aliphatic carbocycles. The molecule has 2 saturated heterocycles. The highest BCUT2D eigenvalue weighted by Crippen LogP contribution is 2.31. The third-order valence-electron chi connectivity index (χ3n) is 5.94. The second-order valence-corrected chi connectivity index (χ2v) is 10.3. The van der Waals surface area contributed by atoms with Gasteiger partial charge in [0.05, 0.1) is 30.5 Å². The van der Waals surface area contributed by atoms with Gasteiger partial charge in [-0.15, -0.1) is 6.58 Å². The van der Waals surface area contributed by atoms with Crippen LogP contribution < -0.4 is 4.31 Å². The molecule has 2 aliphatic rings. The summed E-state index contributed by atoms with van der Waals surface area (Å²) in [7, 11) is -4.03. The van der Waals surface area contributed by atoms with Crippen molar-refractivity contribution < 1.29 is 22.7 Å². The van der Waals surface area contributed by atoms with Crippen molar-refractivity contribution >= 4 is 33.2 Å². The van der Waals surface area contributed by atoms with Crippen molar-refractivity contribution in [3.8, 4) is 0 Å². The van der Waals surface area contributed by atoms with E-state index in [9.17, 15) is 13.2 Å². The van der Waals surface area contributed by atoms with Crippen LogP contribution in [0.5, 0.6) is 0 Å². The Hall–Kier alpha value is -2.39. The molecule has 0 unspecified atom stereocenters. The number of para-hydroxylation sites is 1. The molecule has 2 fully saturated rings. The van der Waals surface area contributed by atoms with Crippen molar-refractivity contribution in [2.45, 2.75) is 24.0 Å². The summed E-state index contributed by atoms with van der Waals surface area (Å²) in [6.07, 6.45) is 2.87. The fourth-order valence-corrected chi connectivity index (χ4v) is 6.15. The first kappa shape index (κ1) is 23.8. The molecule has 0 aromatic heterocycles. The molecule has 9 heteroatoms. The van der Waals surface area contributed by atoms with E-state index in [1.54, 1.807) is 35.2 Å². The minimum atomic E-state index is -4.03. The largest absolute Gasteiger partial charge is 0.350 e. The van der Waals surface area contributed by atoms with Crippen LogP contribution in [0.1, 0.15) is 23.2 Å². The SMILES string of the molecule is C=CCN(c1ccccc1)S(=O)(=O)c1cc(C(=O)N2CCC(C3OCCO3)CC2)ccc1Cl. The van der Waals surface area contributed by atoms with Crippen molar-refractivity contribution in [2.24, 2.45) is 5.92 Å². The Bertz CT molecular complexity index is 1100. The molecular weight excluding hydrogens is 464 g/mol. The number of ether oxygens (including phenoxy) is 2. The number of benzene rings is 2. The number of hydrogen-bond donors (Lipinski definition) is 0. The Labute approximate surface area is 199 Å². The van der Waals surface area contributed by atoms with Crippen LogP contribution in [0, 0.1) is 5.92 Å². The van der Waals surface area contributed by atoms with Crippen LogP contribution in [-0.2, 0) is 19.5 Å². The first-order valence-corrected chi connectivity index (χ1v) is 12.7. The average molecular weight is 491 g/mol. The lowest BCUT2D eigenvalue weighted by Gasteiger charge is -2.34. The van der Waals surface area contributed by atoms with Crippen LogP contribution in [-0.4, -0.2) is 58.4 Å². The molecule has 2 aromatic rings. The number of anilines is 1. The zero-order valence-electron chi connectivity index (χ0n) is 18.2. The fraction of sp³-hybridized carbons (Fsp3) is 0.375. The smallest absolute Gasteiger partial charge is 0.266 e. The molecule has 1 amide bonds. The Morgan fingerprint density at radius 1 is 1.12 bits per heavy atom. The van der Waals surface area contributed by atoms with E-state index in [0.29, 0.717) is 32.0 Å². The maximum atomic E-state index is 13.5. The van der Waals surface area contributed by atoms with Gasteiger partial charge in [0.1, 0.15) is 4.90 Å². The standard InChI is InChI=1S/C24H27ClN2O5S/c1-2-12-27(20-6-4-3-5-7-20)33(29,30)22-17-19(8-9-21(22)25)23(28)26-13-10-18(11-14-26)24-31-15-16-32-24/h2-9,17-18,24H,1,10-16H2. The number of sulfonamides is 1. The van der Waals surface area contributed by atoms with Crippen molar-refractivity contribution in [3.05, 3.63) is 71.8 Å². The first-order valence-electron chi connectivity index (χ1n) is 10.9. The zero-order chi connectivity index (χ0) is 23.4. The molecule has 4 rings (SSSR count). The number of halogens is 1. The number of amides is 1.